The first-order valence-electron chi connectivity index (χ1n) is 8.87. The van der Waals surface area contributed by atoms with Crippen LogP contribution in [0, 0.1) is 5.82 Å². The molecule has 3 aromatic rings. The van der Waals surface area contributed by atoms with E-state index < -0.39 is 0 Å². The topological polar surface area (TPSA) is 73.2 Å². The van der Waals surface area contributed by atoms with Gasteiger partial charge in [-0.2, -0.15) is 0 Å². The lowest BCUT2D eigenvalue weighted by molar-refractivity contribution is -0.122. The molecule has 0 radical (unpaired) electrons. The Labute approximate surface area is 168 Å². The number of carbonyl (C=O) groups excluding carboxylic acids is 1. The summed E-state index contributed by atoms with van der Waals surface area (Å²) < 4.78 is 21.3. The SMILES string of the molecule is O=C(Cn1cnc2ccc(Br)cc2c1=O)N[C@H]1CCCOc2ccc(F)cc21. The van der Waals surface area contributed by atoms with E-state index in [1.807, 2.05) is 0 Å². The van der Waals surface area contributed by atoms with Gasteiger partial charge in [0.15, 0.2) is 0 Å². The highest BCUT2D eigenvalue weighted by molar-refractivity contribution is 9.10. The lowest BCUT2D eigenvalue weighted by Gasteiger charge is -2.19. The predicted molar refractivity (Wildman–Crippen MR) is 106 cm³/mol. The number of hydrogen-bond donors (Lipinski definition) is 1. The molecule has 8 heteroatoms. The van der Waals surface area contributed by atoms with Gasteiger partial charge in [0.2, 0.25) is 5.91 Å². The van der Waals surface area contributed by atoms with E-state index >= 15 is 0 Å². The van der Waals surface area contributed by atoms with Crippen LogP contribution in [0.25, 0.3) is 10.9 Å². The zero-order valence-electron chi connectivity index (χ0n) is 14.8. The number of nitrogens with zero attached hydrogens (tertiary/aromatic N) is 2. The van der Waals surface area contributed by atoms with Crippen LogP contribution in [0.15, 0.2) is 52.0 Å². The summed E-state index contributed by atoms with van der Waals surface area (Å²) in [7, 11) is 0. The van der Waals surface area contributed by atoms with Crippen molar-refractivity contribution >= 4 is 32.7 Å². The van der Waals surface area contributed by atoms with Crippen LogP contribution < -0.4 is 15.6 Å². The molecule has 1 aromatic heterocycles. The van der Waals surface area contributed by atoms with Crippen molar-refractivity contribution in [2.75, 3.05) is 6.61 Å². The third-order valence-corrected chi connectivity index (χ3v) is 5.17. The van der Waals surface area contributed by atoms with E-state index in [1.54, 1.807) is 24.3 Å². The summed E-state index contributed by atoms with van der Waals surface area (Å²) >= 11 is 3.34. The molecule has 2 heterocycles. The largest absolute Gasteiger partial charge is 0.493 e. The number of fused-ring (bicyclic) bond motifs is 2. The molecule has 6 nitrogen and oxygen atoms in total. The van der Waals surface area contributed by atoms with Crippen molar-refractivity contribution in [3.63, 3.8) is 0 Å². The number of carbonyl (C=O) groups is 1. The van der Waals surface area contributed by atoms with Gasteiger partial charge in [0.25, 0.3) is 5.56 Å². The molecular weight excluding hydrogens is 429 g/mol. The number of hydrogen-bond acceptors (Lipinski definition) is 4. The fourth-order valence-corrected chi connectivity index (χ4v) is 3.70. The molecule has 4 rings (SSSR count). The minimum Gasteiger partial charge on any atom is -0.493 e. The zero-order valence-corrected chi connectivity index (χ0v) is 16.4. The quantitative estimate of drug-likeness (QED) is 0.670. The Kier molecular flexibility index (Phi) is 5.13. The van der Waals surface area contributed by atoms with Gasteiger partial charge >= 0.3 is 0 Å². The Morgan fingerprint density at radius 1 is 1.32 bits per heavy atom. The molecular formula is C20H17BrFN3O3. The van der Waals surface area contributed by atoms with Gasteiger partial charge in [-0.1, -0.05) is 15.9 Å². The average molecular weight is 446 g/mol. The summed E-state index contributed by atoms with van der Waals surface area (Å²) in [4.78, 5) is 29.5. The van der Waals surface area contributed by atoms with Crippen LogP contribution in [0.5, 0.6) is 5.75 Å². The minimum atomic E-state index is -0.385. The van der Waals surface area contributed by atoms with E-state index in [-0.39, 0.29) is 29.9 Å². The fourth-order valence-electron chi connectivity index (χ4n) is 3.34. The highest BCUT2D eigenvalue weighted by atomic mass is 79.9. The molecule has 0 saturated heterocycles. The molecule has 144 valence electrons. The van der Waals surface area contributed by atoms with Gasteiger partial charge in [-0.15, -0.1) is 0 Å². The van der Waals surface area contributed by atoms with Crippen molar-refractivity contribution in [2.45, 2.75) is 25.4 Å². The molecule has 1 aliphatic heterocycles. The smallest absolute Gasteiger partial charge is 0.261 e. The van der Waals surface area contributed by atoms with E-state index in [0.29, 0.717) is 35.2 Å². The number of amides is 1. The lowest BCUT2D eigenvalue weighted by Crippen LogP contribution is -2.34. The van der Waals surface area contributed by atoms with Crippen molar-refractivity contribution in [3.8, 4) is 5.75 Å². The first-order valence-corrected chi connectivity index (χ1v) is 9.67. The maximum absolute atomic E-state index is 13.7. The number of ether oxygens (including phenoxy) is 1. The van der Waals surface area contributed by atoms with Crippen molar-refractivity contribution < 1.29 is 13.9 Å². The predicted octanol–water partition coefficient (Wildman–Crippen LogP) is 3.33. The van der Waals surface area contributed by atoms with Gasteiger partial charge < -0.3 is 10.1 Å². The van der Waals surface area contributed by atoms with Crippen molar-refractivity contribution in [2.24, 2.45) is 0 Å². The molecule has 1 amide bonds. The Balaban J connectivity index is 1.57. The molecule has 1 N–H and O–H groups in total. The second-order valence-corrected chi connectivity index (χ2v) is 7.55. The lowest BCUT2D eigenvalue weighted by atomic mass is 10.0. The molecule has 28 heavy (non-hydrogen) atoms. The number of benzene rings is 2. The van der Waals surface area contributed by atoms with Gasteiger partial charge in [0, 0.05) is 10.0 Å². The van der Waals surface area contributed by atoms with Crippen molar-refractivity contribution in [1.29, 1.82) is 0 Å². The van der Waals surface area contributed by atoms with Crippen LogP contribution in [0.3, 0.4) is 0 Å². The fraction of sp³-hybridized carbons (Fsp3) is 0.250. The monoisotopic (exact) mass is 445 g/mol. The Morgan fingerprint density at radius 2 is 2.18 bits per heavy atom. The van der Waals surface area contributed by atoms with Gasteiger partial charge in [0.05, 0.1) is 29.9 Å². The van der Waals surface area contributed by atoms with Crippen LogP contribution in [0.2, 0.25) is 0 Å². The number of aromatic nitrogens is 2. The first-order chi connectivity index (χ1) is 13.5. The summed E-state index contributed by atoms with van der Waals surface area (Å²) in [5, 5.41) is 3.33. The maximum atomic E-state index is 13.7. The minimum absolute atomic E-state index is 0.170. The first kappa shape index (κ1) is 18.6. The standard InChI is InChI=1S/C20H17BrFN3O3/c21-12-3-5-16-15(8-12)20(27)25(11-23-16)10-19(26)24-17-2-1-7-28-18-6-4-13(22)9-14(17)18/h3-6,8-9,11,17H,1-2,7,10H2,(H,24,26)/t17-/m0/s1. The highest BCUT2D eigenvalue weighted by Crippen LogP contribution is 2.32. The summed E-state index contributed by atoms with van der Waals surface area (Å²) in [6.45, 7) is 0.338. The van der Waals surface area contributed by atoms with Crippen LogP contribution in [0.1, 0.15) is 24.4 Å². The summed E-state index contributed by atoms with van der Waals surface area (Å²) in [5.74, 6) is -0.164. The Hall–Kier alpha value is -2.74. The third-order valence-electron chi connectivity index (χ3n) is 4.68. The second-order valence-electron chi connectivity index (χ2n) is 6.63. The van der Waals surface area contributed by atoms with E-state index in [0.717, 1.165) is 10.9 Å². The molecule has 0 spiro atoms. The van der Waals surface area contributed by atoms with Crippen molar-refractivity contribution in [1.82, 2.24) is 14.9 Å². The second kappa shape index (κ2) is 7.71. The number of halogens is 2. The molecule has 0 fully saturated rings. The molecule has 0 bridgehead atoms. The molecule has 2 aromatic carbocycles. The third kappa shape index (κ3) is 3.77. The molecule has 1 atom stereocenters. The molecule has 0 aliphatic carbocycles. The van der Waals surface area contributed by atoms with E-state index in [2.05, 4.69) is 26.2 Å². The van der Waals surface area contributed by atoms with E-state index in [4.69, 9.17) is 4.74 Å². The summed E-state index contributed by atoms with van der Waals surface area (Å²) in [5.41, 5.74) is 0.881. The van der Waals surface area contributed by atoms with Gasteiger partial charge in [0.1, 0.15) is 18.1 Å². The maximum Gasteiger partial charge on any atom is 0.261 e. The van der Waals surface area contributed by atoms with Crippen LogP contribution in [-0.2, 0) is 11.3 Å². The number of nitrogens with one attached hydrogen (secondary N) is 1. The average Bonchev–Trinajstić information content (AvgIpc) is 2.86. The Morgan fingerprint density at radius 3 is 3.04 bits per heavy atom. The normalized spacial score (nSPS) is 16.1. The highest BCUT2D eigenvalue weighted by Gasteiger charge is 2.22. The van der Waals surface area contributed by atoms with Crippen LogP contribution >= 0.6 is 15.9 Å². The molecule has 1 aliphatic rings. The van der Waals surface area contributed by atoms with Crippen molar-refractivity contribution in [3.05, 3.63) is 68.9 Å². The van der Waals surface area contributed by atoms with Gasteiger partial charge in [-0.3, -0.25) is 14.2 Å². The molecule has 0 saturated carbocycles. The Bertz CT molecular complexity index is 1120. The van der Waals surface area contributed by atoms with Gasteiger partial charge in [-0.25, -0.2) is 9.37 Å². The summed E-state index contributed by atoms with van der Waals surface area (Å²) in [6, 6.07) is 9.14. The van der Waals surface area contributed by atoms with E-state index in [1.165, 1.54) is 23.0 Å². The number of rotatable bonds is 3. The van der Waals surface area contributed by atoms with Gasteiger partial charge in [-0.05, 0) is 49.2 Å². The van der Waals surface area contributed by atoms with Crippen LogP contribution in [0.4, 0.5) is 4.39 Å². The zero-order chi connectivity index (χ0) is 19.7. The summed E-state index contributed by atoms with van der Waals surface area (Å²) in [6.07, 6.45) is 2.72. The molecule has 0 unspecified atom stereocenters. The van der Waals surface area contributed by atoms with Crippen LogP contribution in [-0.4, -0.2) is 22.1 Å². The van der Waals surface area contributed by atoms with E-state index in [9.17, 15) is 14.0 Å².